The van der Waals surface area contributed by atoms with Gasteiger partial charge in [0, 0.05) is 43.7 Å². The average Bonchev–Trinajstić information content (AvgIpc) is 3.15. The van der Waals surface area contributed by atoms with Crippen molar-refractivity contribution in [3.05, 3.63) is 29.8 Å². The molecular formula is C26H39N3O3. The molecule has 2 saturated heterocycles. The number of rotatable bonds is 8. The molecule has 1 N–H and O–H groups in total. The van der Waals surface area contributed by atoms with Crippen LogP contribution in [0.3, 0.4) is 0 Å². The molecule has 32 heavy (non-hydrogen) atoms. The van der Waals surface area contributed by atoms with Gasteiger partial charge in [-0.05, 0) is 51.2 Å². The van der Waals surface area contributed by atoms with Gasteiger partial charge in [-0.1, -0.05) is 44.4 Å². The second-order valence-corrected chi connectivity index (χ2v) is 10.1. The quantitative estimate of drug-likeness (QED) is 0.665. The fraction of sp³-hybridized carbons (Fsp3) is 0.654. The molecule has 0 aromatic heterocycles. The number of likely N-dealkylation sites (tertiary alicyclic amines) is 1. The van der Waals surface area contributed by atoms with E-state index >= 15 is 0 Å². The van der Waals surface area contributed by atoms with Crippen molar-refractivity contribution in [1.82, 2.24) is 10.2 Å². The van der Waals surface area contributed by atoms with E-state index in [1.54, 1.807) is 4.90 Å². The number of anilines is 1. The maximum absolute atomic E-state index is 13.1. The summed E-state index contributed by atoms with van der Waals surface area (Å²) in [6.07, 6.45) is 4.98. The molecule has 2 aliphatic rings. The normalized spacial score (nSPS) is 20.7. The van der Waals surface area contributed by atoms with Crippen molar-refractivity contribution < 1.29 is 14.4 Å². The number of aryl methyl sites for hydroxylation is 1. The van der Waals surface area contributed by atoms with E-state index in [1.165, 1.54) is 6.42 Å². The SMILES string of the molecule is Cc1ccc(N2CC(C(=O)N3CCC(C(=O)NC(C)CCCC(C)C)CC3)CC2=O)cc1. The van der Waals surface area contributed by atoms with Crippen LogP contribution in [0.2, 0.25) is 0 Å². The Morgan fingerprint density at radius 1 is 1.03 bits per heavy atom. The summed E-state index contributed by atoms with van der Waals surface area (Å²) in [6, 6.07) is 8.04. The fourth-order valence-corrected chi connectivity index (χ4v) is 4.73. The predicted octanol–water partition coefficient (Wildman–Crippen LogP) is 3.92. The van der Waals surface area contributed by atoms with Gasteiger partial charge in [-0.15, -0.1) is 0 Å². The molecule has 0 radical (unpaired) electrons. The summed E-state index contributed by atoms with van der Waals surface area (Å²) in [5.41, 5.74) is 2.00. The van der Waals surface area contributed by atoms with Gasteiger partial charge in [0.15, 0.2) is 0 Å². The van der Waals surface area contributed by atoms with Crippen molar-refractivity contribution in [1.29, 1.82) is 0 Å². The standard InChI is InChI=1S/C26H39N3O3/c1-18(2)6-5-7-20(4)27-25(31)21-12-14-28(15-13-21)26(32)22-16-24(30)29(17-22)23-10-8-19(3)9-11-23/h8-11,18,20-22H,5-7,12-17H2,1-4H3,(H,27,31). The minimum Gasteiger partial charge on any atom is -0.353 e. The van der Waals surface area contributed by atoms with Crippen LogP contribution in [0, 0.1) is 24.7 Å². The molecule has 3 amide bonds. The van der Waals surface area contributed by atoms with E-state index in [4.69, 9.17) is 0 Å². The molecule has 1 aromatic carbocycles. The first-order valence-electron chi connectivity index (χ1n) is 12.2. The minimum atomic E-state index is -0.296. The van der Waals surface area contributed by atoms with E-state index in [-0.39, 0.29) is 42.0 Å². The summed E-state index contributed by atoms with van der Waals surface area (Å²) in [7, 11) is 0. The summed E-state index contributed by atoms with van der Waals surface area (Å²) in [6.45, 7) is 10.2. The fourth-order valence-electron chi connectivity index (χ4n) is 4.73. The molecule has 1 aromatic rings. The van der Waals surface area contributed by atoms with Crippen LogP contribution in [-0.4, -0.2) is 48.3 Å². The molecule has 176 valence electrons. The van der Waals surface area contributed by atoms with Crippen LogP contribution in [0.5, 0.6) is 0 Å². The van der Waals surface area contributed by atoms with Crippen LogP contribution in [0.25, 0.3) is 0 Å². The van der Waals surface area contributed by atoms with Crippen molar-refractivity contribution in [2.45, 2.75) is 72.3 Å². The predicted molar refractivity (Wildman–Crippen MR) is 127 cm³/mol. The number of carbonyl (C=O) groups excluding carboxylic acids is 3. The number of benzene rings is 1. The second-order valence-electron chi connectivity index (χ2n) is 10.1. The third-order valence-corrected chi connectivity index (χ3v) is 6.80. The zero-order valence-corrected chi connectivity index (χ0v) is 20.1. The van der Waals surface area contributed by atoms with E-state index in [1.807, 2.05) is 36.1 Å². The number of carbonyl (C=O) groups is 3. The van der Waals surface area contributed by atoms with Crippen LogP contribution in [0.4, 0.5) is 5.69 Å². The highest BCUT2D eigenvalue weighted by molar-refractivity contribution is 6.00. The Bertz CT molecular complexity index is 797. The third kappa shape index (κ3) is 6.33. The first-order chi connectivity index (χ1) is 15.2. The largest absolute Gasteiger partial charge is 0.353 e. The smallest absolute Gasteiger partial charge is 0.228 e. The lowest BCUT2D eigenvalue weighted by atomic mass is 9.94. The molecule has 0 saturated carbocycles. The van der Waals surface area contributed by atoms with E-state index < -0.39 is 0 Å². The summed E-state index contributed by atoms with van der Waals surface area (Å²) in [5, 5.41) is 3.16. The van der Waals surface area contributed by atoms with E-state index in [0.717, 1.165) is 24.1 Å². The van der Waals surface area contributed by atoms with Gasteiger partial charge in [0.1, 0.15) is 0 Å². The number of piperidine rings is 1. The Labute approximate surface area is 192 Å². The molecule has 2 aliphatic heterocycles. The van der Waals surface area contributed by atoms with Gasteiger partial charge in [-0.3, -0.25) is 14.4 Å². The highest BCUT2D eigenvalue weighted by atomic mass is 16.2. The maximum atomic E-state index is 13.1. The van der Waals surface area contributed by atoms with Crippen LogP contribution >= 0.6 is 0 Å². The van der Waals surface area contributed by atoms with E-state index in [0.29, 0.717) is 38.4 Å². The van der Waals surface area contributed by atoms with Crippen molar-refractivity contribution in [3.63, 3.8) is 0 Å². The number of amides is 3. The van der Waals surface area contributed by atoms with Crippen molar-refractivity contribution >= 4 is 23.4 Å². The van der Waals surface area contributed by atoms with Gasteiger partial charge in [0.25, 0.3) is 0 Å². The molecule has 3 rings (SSSR count). The van der Waals surface area contributed by atoms with Crippen LogP contribution in [0.1, 0.15) is 64.9 Å². The molecule has 2 atom stereocenters. The monoisotopic (exact) mass is 441 g/mol. The minimum absolute atomic E-state index is 0.00733. The Morgan fingerprint density at radius 3 is 2.31 bits per heavy atom. The van der Waals surface area contributed by atoms with Crippen LogP contribution in [0.15, 0.2) is 24.3 Å². The van der Waals surface area contributed by atoms with Crippen molar-refractivity contribution in [3.8, 4) is 0 Å². The first kappa shape index (κ1) is 24.3. The molecule has 6 nitrogen and oxygen atoms in total. The topological polar surface area (TPSA) is 69.7 Å². The van der Waals surface area contributed by atoms with Gasteiger partial charge in [0.2, 0.25) is 17.7 Å². The zero-order chi connectivity index (χ0) is 23.3. The summed E-state index contributed by atoms with van der Waals surface area (Å²) in [4.78, 5) is 41.8. The van der Waals surface area contributed by atoms with E-state index in [2.05, 4.69) is 26.1 Å². The Hall–Kier alpha value is -2.37. The van der Waals surface area contributed by atoms with Crippen LogP contribution < -0.4 is 10.2 Å². The van der Waals surface area contributed by atoms with Gasteiger partial charge < -0.3 is 15.1 Å². The maximum Gasteiger partial charge on any atom is 0.228 e. The Balaban J connectivity index is 1.44. The molecule has 6 heteroatoms. The molecule has 2 heterocycles. The lowest BCUT2D eigenvalue weighted by molar-refractivity contribution is -0.139. The number of nitrogens with one attached hydrogen (secondary N) is 1. The lowest BCUT2D eigenvalue weighted by Gasteiger charge is -2.33. The molecular weight excluding hydrogens is 402 g/mol. The molecule has 2 fully saturated rings. The van der Waals surface area contributed by atoms with Crippen molar-refractivity contribution in [2.75, 3.05) is 24.5 Å². The summed E-state index contributed by atoms with van der Waals surface area (Å²) >= 11 is 0. The highest BCUT2D eigenvalue weighted by Crippen LogP contribution is 2.28. The molecule has 0 bridgehead atoms. The highest BCUT2D eigenvalue weighted by Gasteiger charge is 2.38. The second kappa shape index (κ2) is 11.0. The summed E-state index contributed by atoms with van der Waals surface area (Å²) in [5.74, 6) is 0.549. The van der Waals surface area contributed by atoms with Crippen LogP contribution in [-0.2, 0) is 14.4 Å². The number of hydrogen-bond donors (Lipinski definition) is 1. The molecule has 0 aliphatic carbocycles. The lowest BCUT2D eigenvalue weighted by Crippen LogP contribution is -2.46. The van der Waals surface area contributed by atoms with Gasteiger partial charge in [-0.2, -0.15) is 0 Å². The Kier molecular flexibility index (Phi) is 8.32. The number of hydrogen-bond acceptors (Lipinski definition) is 3. The third-order valence-electron chi connectivity index (χ3n) is 6.80. The summed E-state index contributed by atoms with van der Waals surface area (Å²) < 4.78 is 0. The Morgan fingerprint density at radius 2 is 1.69 bits per heavy atom. The zero-order valence-electron chi connectivity index (χ0n) is 20.1. The number of nitrogens with zero attached hydrogens (tertiary/aromatic N) is 2. The molecule has 0 spiro atoms. The van der Waals surface area contributed by atoms with E-state index in [9.17, 15) is 14.4 Å². The average molecular weight is 442 g/mol. The van der Waals surface area contributed by atoms with Gasteiger partial charge in [-0.25, -0.2) is 0 Å². The van der Waals surface area contributed by atoms with Gasteiger partial charge in [0.05, 0.1) is 5.92 Å². The first-order valence-corrected chi connectivity index (χ1v) is 12.2. The van der Waals surface area contributed by atoms with Crippen molar-refractivity contribution in [2.24, 2.45) is 17.8 Å². The van der Waals surface area contributed by atoms with Gasteiger partial charge >= 0.3 is 0 Å². The molecule has 2 unspecified atom stereocenters.